The number of nitrogens with zero attached hydrogens (tertiary/aromatic N) is 1. The molecule has 0 radical (unpaired) electrons. The predicted molar refractivity (Wildman–Crippen MR) is 73.1 cm³/mol. The van der Waals surface area contributed by atoms with Crippen LogP contribution in [0.4, 0.5) is 5.69 Å². The van der Waals surface area contributed by atoms with Gasteiger partial charge in [0.1, 0.15) is 5.75 Å². The fourth-order valence-corrected chi connectivity index (χ4v) is 2.03. The van der Waals surface area contributed by atoms with Gasteiger partial charge >= 0.3 is 0 Å². The van der Waals surface area contributed by atoms with Crippen molar-refractivity contribution in [2.75, 3.05) is 12.8 Å². The van der Waals surface area contributed by atoms with Gasteiger partial charge in [-0.25, -0.2) is 0 Å². The van der Waals surface area contributed by atoms with Crippen LogP contribution in [0.3, 0.4) is 0 Å². The van der Waals surface area contributed by atoms with Crippen molar-refractivity contribution in [3.63, 3.8) is 0 Å². The second-order valence-corrected chi connectivity index (χ2v) is 4.29. The first-order valence-electron chi connectivity index (χ1n) is 5.34. The zero-order valence-electron chi connectivity index (χ0n) is 10.1. The molecule has 4 nitrogen and oxygen atoms in total. The number of rotatable bonds is 2. The number of methoxy groups -OCH3 is 1. The van der Waals surface area contributed by atoms with Gasteiger partial charge < -0.3 is 15.0 Å². The Balaban J connectivity index is 2.59. The first kappa shape index (κ1) is 12.5. The van der Waals surface area contributed by atoms with E-state index in [-0.39, 0.29) is 11.2 Å². The van der Waals surface area contributed by atoms with Crippen molar-refractivity contribution in [1.29, 1.82) is 0 Å². The molecule has 0 fully saturated rings. The summed E-state index contributed by atoms with van der Waals surface area (Å²) in [6.45, 7) is 0. The fraction of sp³-hybridized carbons (Fsp3) is 0.154. The Bertz CT molecular complexity index is 650. The molecule has 0 aliphatic carbocycles. The zero-order valence-corrected chi connectivity index (χ0v) is 10.9. The Morgan fingerprint density at radius 1 is 1.28 bits per heavy atom. The Kier molecular flexibility index (Phi) is 3.30. The van der Waals surface area contributed by atoms with Gasteiger partial charge in [0, 0.05) is 7.05 Å². The summed E-state index contributed by atoms with van der Waals surface area (Å²) in [6, 6.07) is 8.74. The second-order valence-electron chi connectivity index (χ2n) is 3.89. The summed E-state index contributed by atoms with van der Waals surface area (Å²) < 4.78 is 6.58. The van der Waals surface area contributed by atoms with Crippen LogP contribution in [0.25, 0.3) is 11.3 Å². The number of hydrogen-bond acceptors (Lipinski definition) is 3. The summed E-state index contributed by atoms with van der Waals surface area (Å²) >= 11 is 6.07. The minimum Gasteiger partial charge on any atom is -0.495 e. The van der Waals surface area contributed by atoms with Gasteiger partial charge in [-0.2, -0.15) is 0 Å². The second kappa shape index (κ2) is 4.74. The number of halogens is 1. The third-order valence-electron chi connectivity index (χ3n) is 2.78. The maximum atomic E-state index is 11.8. The minimum absolute atomic E-state index is 0.223. The maximum Gasteiger partial charge on any atom is 0.273 e. The molecule has 0 saturated carbocycles. The lowest BCUT2D eigenvalue weighted by atomic mass is 10.1. The van der Waals surface area contributed by atoms with Crippen molar-refractivity contribution in [1.82, 2.24) is 4.57 Å². The van der Waals surface area contributed by atoms with Crippen LogP contribution in [-0.4, -0.2) is 11.7 Å². The molecule has 0 atom stereocenters. The number of aromatic nitrogens is 1. The van der Waals surface area contributed by atoms with Crippen LogP contribution in [0.2, 0.25) is 5.02 Å². The van der Waals surface area contributed by atoms with Gasteiger partial charge in [0.15, 0.2) is 0 Å². The lowest BCUT2D eigenvalue weighted by Gasteiger charge is -2.10. The summed E-state index contributed by atoms with van der Waals surface area (Å²) in [6.07, 6.45) is 0. The van der Waals surface area contributed by atoms with Crippen LogP contribution >= 0.6 is 11.6 Å². The average molecular weight is 265 g/mol. The molecule has 1 aromatic carbocycles. The van der Waals surface area contributed by atoms with Crippen LogP contribution < -0.4 is 16.0 Å². The van der Waals surface area contributed by atoms with Crippen LogP contribution in [0.15, 0.2) is 35.1 Å². The van der Waals surface area contributed by atoms with E-state index in [9.17, 15) is 4.79 Å². The molecule has 18 heavy (non-hydrogen) atoms. The molecule has 2 aromatic rings. The van der Waals surface area contributed by atoms with Crippen molar-refractivity contribution in [3.05, 3.63) is 45.7 Å². The quantitative estimate of drug-likeness (QED) is 0.905. The smallest absolute Gasteiger partial charge is 0.273 e. The number of pyridine rings is 1. The predicted octanol–water partition coefficient (Wildman–Crippen LogP) is 2.30. The highest BCUT2D eigenvalue weighted by molar-refractivity contribution is 6.32. The first-order valence-corrected chi connectivity index (χ1v) is 5.72. The standard InChI is InChI=1S/C13H13ClN2O2/c1-16-11(5-4-10(15)13(16)17)8-3-6-12(18-2)9(14)7-8/h3-7H,15H2,1-2H3. The molecule has 0 unspecified atom stereocenters. The SMILES string of the molecule is COc1ccc(-c2ccc(N)c(=O)n2C)cc1Cl. The number of nitrogen functional groups attached to an aromatic ring is 1. The minimum atomic E-state index is -0.223. The molecule has 0 spiro atoms. The topological polar surface area (TPSA) is 57.2 Å². The summed E-state index contributed by atoms with van der Waals surface area (Å²) in [4.78, 5) is 11.8. The van der Waals surface area contributed by atoms with E-state index in [4.69, 9.17) is 22.1 Å². The Morgan fingerprint density at radius 3 is 2.61 bits per heavy atom. The van der Waals surface area contributed by atoms with E-state index in [0.29, 0.717) is 10.8 Å². The molecule has 2 rings (SSSR count). The molecular formula is C13H13ClN2O2. The maximum absolute atomic E-state index is 11.8. The lowest BCUT2D eigenvalue weighted by Crippen LogP contribution is -2.21. The van der Waals surface area contributed by atoms with Gasteiger partial charge in [-0.15, -0.1) is 0 Å². The molecule has 0 aliphatic rings. The lowest BCUT2D eigenvalue weighted by molar-refractivity contribution is 0.415. The van der Waals surface area contributed by atoms with E-state index in [2.05, 4.69) is 0 Å². The summed E-state index contributed by atoms with van der Waals surface area (Å²) in [5, 5.41) is 0.499. The molecule has 1 heterocycles. The zero-order chi connectivity index (χ0) is 13.3. The summed E-state index contributed by atoms with van der Waals surface area (Å²) in [5.41, 5.74) is 7.15. The van der Waals surface area contributed by atoms with E-state index in [1.54, 1.807) is 38.4 Å². The Labute approximate surface area is 110 Å². The third kappa shape index (κ3) is 2.07. The number of anilines is 1. The van der Waals surface area contributed by atoms with E-state index >= 15 is 0 Å². The summed E-state index contributed by atoms with van der Waals surface area (Å²) in [7, 11) is 3.23. The average Bonchev–Trinajstić information content (AvgIpc) is 2.36. The highest BCUT2D eigenvalue weighted by Crippen LogP contribution is 2.29. The number of hydrogen-bond donors (Lipinski definition) is 1. The van der Waals surface area contributed by atoms with Crippen molar-refractivity contribution >= 4 is 17.3 Å². The first-order chi connectivity index (χ1) is 8.54. The van der Waals surface area contributed by atoms with Crippen molar-refractivity contribution in [3.8, 4) is 17.0 Å². The Hall–Kier alpha value is -1.94. The van der Waals surface area contributed by atoms with Gasteiger partial charge in [-0.1, -0.05) is 11.6 Å². The van der Waals surface area contributed by atoms with Crippen molar-refractivity contribution in [2.45, 2.75) is 0 Å². The molecule has 0 saturated heterocycles. The highest BCUT2D eigenvalue weighted by atomic mass is 35.5. The van der Waals surface area contributed by atoms with Crippen molar-refractivity contribution < 1.29 is 4.74 Å². The number of nitrogens with two attached hydrogens (primary N) is 1. The fourth-order valence-electron chi connectivity index (χ4n) is 1.77. The number of benzene rings is 1. The Morgan fingerprint density at radius 2 is 2.00 bits per heavy atom. The largest absolute Gasteiger partial charge is 0.495 e. The van der Waals surface area contributed by atoms with Crippen LogP contribution in [-0.2, 0) is 7.05 Å². The molecule has 0 aliphatic heterocycles. The van der Waals surface area contributed by atoms with Gasteiger partial charge in [0.05, 0.1) is 23.5 Å². The van der Waals surface area contributed by atoms with E-state index in [0.717, 1.165) is 11.3 Å². The van der Waals surface area contributed by atoms with Crippen LogP contribution in [0, 0.1) is 0 Å². The normalized spacial score (nSPS) is 10.4. The van der Waals surface area contributed by atoms with Gasteiger partial charge in [-0.05, 0) is 35.9 Å². The van der Waals surface area contributed by atoms with E-state index in [1.165, 1.54) is 4.57 Å². The monoisotopic (exact) mass is 264 g/mol. The van der Waals surface area contributed by atoms with E-state index in [1.807, 2.05) is 6.07 Å². The van der Waals surface area contributed by atoms with E-state index < -0.39 is 0 Å². The molecule has 2 N–H and O–H groups in total. The van der Waals surface area contributed by atoms with Gasteiger partial charge in [-0.3, -0.25) is 4.79 Å². The van der Waals surface area contributed by atoms with Crippen LogP contribution in [0.5, 0.6) is 5.75 Å². The molecule has 5 heteroatoms. The summed E-state index contributed by atoms with van der Waals surface area (Å²) in [5.74, 6) is 0.598. The molecule has 0 bridgehead atoms. The molecule has 94 valence electrons. The highest BCUT2D eigenvalue weighted by Gasteiger charge is 2.08. The molecular weight excluding hydrogens is 252 g/mol. The number of ether oxygens (including phenoxy) is 1. The van der Waals surface area contributed by atoms with Gasteiger partial charge in [0.25, 0.3) is 5.56 Å². The molecule has 0 amide bonds. The van der Waals surface area contributed by atoms with Crippen molar-refractivity contribution in [2.24, 2.45) is 7.05 Å². The van der Waals surface area contributed by atoms with Gasteiger partial charge in [0.2, 0.25) is 0 Å². The molecule has 1 aromatic heterocycles. The third-order valence-corrected chi connectivity index (χ3v) is 3.08. The van der Waals surface area contributed by atoms with Crippen LogP contribution in [0.1, 0.15) is 0 Å².